The normalized spacial score (nSPS) is 17.4. The number of piperazine rings is 1. The van der Waals surface area contributed by atoms with Gasteiger partial charge in [0.25, 0.3) is 26.1 Å². The molecule has 4 heterocycles. The number of nitrogens with one attached hydrogen (secondary N) is 1. The Balaban J connectivity index is 1.40. The summed E-state index contributed by atoms with van der Waals surface area (Å²) in [6.45, 7) is 5.16. The van der Waals surface area contributed by atoms with Gasteiger partial charge in [0.15, 0.2) is 0 Å². The van der Waals surface area contributed by atoms with E-state index in [0.717, 1.165) is 96.0 Å². The van der Waals surface area contributed by atoms with Gasteiger partial charge < -0.3 is 19.9 Å². The van der Waals surface area contributed by atoms with Crippen molar-refractivity contribution in [2.75, 3.05) is 68.8 Å². The van der Waals surface area contributed by atoms with E-state index in [-0.39, 0.29) is 30.3 Å². The van der Waals surface area contributed by atoms with Gasteiger partial charge in [-0.1, -0.05) is 18.2 Å². The van der Waals surface area contributed by atoms with E-state index in [9.17, 15) is 30.7 Å². The van der Waals surface area contributed by atoms with Crippen molar-refractivity contribution in [3.05, 3.63) is 86.9 Å². The number of nitrogens with zero attached hydrogens (tertiary/aromatic N) is 3. The van der Waals surface area contributed by atoms with Crippen molar-refractivity contribution in [1.82, 2.24) is 14.8 Å². The van der Waals surface area contributed by atoms with Crippen molar-refractivity contribution in [2.24, 2.45) is 0 Å². The molecule has 14 heteroatoms. The fourth-order valence-electron chi connectivity index (χ4n) is 7.76. The Hall–Kier alpha value is -3.82. The standard InChI is InChI=1S/C36H42N4O8S2/c41-36(40-17-11-37-12-18-40)28-10-2-1-9-27(28)35-29-21-25-7-3-13-38(15-5-19-49(42,43)44)31(25)23-33(29)48-34-24-32-26(22-30(34)35)8-4-14-39(32)16-6-20-50(45,46)47/h1-2,9-10,21-24,37H,3-8,11-20H2,(H-,42,43,44,45,46,47)/p+1. The van der Waals surface area contributed by atoms with E-state index < -0.39 is 20.2 Å². The Labute approximate surface area is 292 Å². The monoisotopic (exact) mass is 723 g/mol. The van der Waals surface area contributed by atoms with Crippen molar-refractivity contribution in [3.63, 3.8) is 0 Å². The van der Waals surface area contributed by atoms with Crippen LogP contribution in [-0.4, -0.2) is 101 Å². The van der Waals surface area contributed by atoms with Gasteiger partial charge in [-0.2, -0.15) is 16.8 Å². The van der Waals surface area contributed by atoms with Crippen molar-refractivity contribution in [3.8, 4) is 11.5 Å². The summed E-state index contributed by atoms with van der Waals surface area (Å²) in [5, 5.41) is 5.17. The molecule has 0 saturated carbocycles. The van der Waals surface area contributed by atoms with Gasteiger partial charge in [0, 0.05) is 91.3 Å². The zero-order valence-corrected chi connectivity index (χ0v) is 29.6. The number of fused-ring (bicyclic) bond motifs is 4. The zero-order chi connectivity index (χ0) is 35.0. The Morgan fingerprint density at radius 1 is 0.840 bits per heavy atom. The van der Waals surface area contributed by atoms with Crippen LogP contribution in [0, 0.1) is 0 Å². The lowest BCUT2D eigenvalue weighted by atomic mass is 9.86. The number of rotatable bonds is 10. The van der Waals surface area contributed by atoms with Crippen molar-refractivity contribution < 1.29 is 35.5 Å². The molecule has 1 saturated heterocycles. The quantitative estimate of drug-likeness (QED) is 0.163. The predicted octanol–water partition coefficient (Wildman–Crippen LogP) is 1.83. The number of hydrogen-bond donors (Lipinski definition) is 3. The third kappa shape index (κ3) is 7.45. The summed E-state index contributed by atoms with van der Waals surface area (Å²) in [6.07, 6.45) is 4.03. The van der Waals surface area contributed by atoms with Gasteiger partial charge in [-0.15, -0.1) is 0 Å². The van der Waals surface area contributed by atoms with Crippen molar-refractivity contribution in [1.29, 1.82) is 0 Å². The van der Waals surface area contributed by atoms with Crippen LogP contribution in [-0.2, 0) is 33.1 Å². The molecule has 266 valence electrons. The first-order valence-electron chi connectivity index (χ1n) is 17.3. The second-order valence-corrected chi connectivity index (χ2v) is 16.6. The highest BCUT2D eigenvalue weighted by Crippen LogP contribution is 2.42. The molecule has 12 nitrogen and oxygen atoms in total. The molecule has 1 amide bonds. The minimum absolute atomic E-state index is 0.0184. The van der Waals surface area contributed by atoms with Crippen LogP contribution in [0.25, 0.3) is 5.57 Å². The van der Waals surface area contributed by atoms with Crippen molar-refractivity contribution >= 4 is 37.4 Å². The summed E-state index contributed by atoms with van der Waals surface area (Å²) >= 11 is 0. The number of benzene rings is 3. The summed E-state index contributed by atoms with van der Waals surface area (Å²) in [7, 11) is -8.14. The zero-order valence-electron chi connectivity index (χ0n) is 27.9. The molecule has 0 unspecified atom stereocenters. The summed E-state index contributed by atoms with van der Waals surface area (Å²) in [6, 6.07) is 16.1. The number of anilines is 1. The van der Waals surface area contributed by atoms with Crippen LogP contribution < -0.4 is 30.1 Å². The van der Waals surface area contributed by atoms with E-state index >= 15 is 0 Å². The first kappa shape index (κ1) is 34.6. The van der Waals surface area contributed by atoms with E-state index in [0.29, 0.717) is 43.2 Å². The van der Waals surface area contributed by atoms with Crippen molar-refractivity contribution in [2.45, 2.75) is 38.5 Å². The Morgan fingerprint density at radius 2 is 1.58 bits per heavy atom. The van der Waals surface area contributed by atoms with Gasteiger partial charge in [-0.05, 0) is 55.0 Å². The first-order valence-corrected chi connectivity index (χ1v) is 20.6. The van der Waals surface area contributed by atoms with Gasteiger partial charge in [0.2, 0.25) is 5.36 Å². The van der Waals surface area contributed by atoms with Gasteiger partial charge in [0.1, 0.15) is 24.6 Å². The van der Waals surface area contributed by atoms with E-state index in [1.165, 1.54) is 0 Å². The molecule has 0 spiro atoms. The summed E-state index contributed by atoms with van der Waals surface area (Å²) in [5.74, 6) is 0.622. The summed E-state index contributed by atoms with van der Waals surface area (Å²) < 4.78 is 73.3. The Kier molecular flexibility index (Phi) is 9.74. The topological polar surface area (TPSA) is 157 Å². The van der Waals surface area contributed by atoms with Gasteiger partial charge in [0.05, 0.1) is 17.6 Å². The number of ether oxygens (including phenoxy) is 1. The number of carbonyl (C=O) groups is 1. The largest absolute Gasteiger partial charge is 0.456 e. The maximum absolute atomic E-state index is 14.1. The fourth-order valence-corrected chi connectivity index (χ4v) is 8.75. The second kappa shape index (κ2) is 14.1. The SMILES string of the molecule is O=C(c1ccccc1C1=c2cc3c(cc2Oc2cc4c(cc21)CCCN4CCCS(=O)(=O)O)=[N+](CCCS(=O)(=O)O)CCC3)N1CCNCC1. The molecular weight excluding hydrogens is 681 g/mol. The third-order valence-electron chi connectivity index (χ3n) is 10.0. The lowest BCUT2D eigenvalue weighted by Crippen LogP contribution is -2.46. The highest BCUT2D eigenvalue weighted by molar-refractivity contribution is 7.86. The number of carbonyl (C=O) groups excluding carboxylic acids is 1. The van der Waals surface area contributed by atoms with Gasteiger partial charge in [-0.3, -0.25) is 13.9 Å². The third-order valence-corrected chi connectivity index (χ3v) is 11.7. The molecule has 0 bridgehead atoms. The molecule has 0 radical (unpaired) electrons. The van der Waals surface area contributed by atoms with Gasteiger partial charge in [-0.25, -0.2) is 4.58 Å². The van der Waals surface area contributed by atoms with Crippen LogP contribution in [0.1, 0.15) is 58.3 Å². The van der Waals surface area contributed by atoms with E-state index in [4.69, 9.17) is 4.74 Å². The molecule has 1 fully saturated rings. The average molecular weight is 724 g/mol. The highest BCUT2D eigenvalue weighted by Gasteiger charge is 2.31. The van der Waals surface area contributed by atoms with E-state index in [1.807, 2.05) is 41.3 Å². The molecule has 0 aromatic heterocycles. The maximum atomic E-state index is 14.1. The number of aryl methyl sites for hydroxylation is 2. The molecular formula is C36H43N4O8S2+. The second-order valence-electron chi connectivity index (χ2n) is 13.5. The molecule has 3 N–H and O–H groups in total. The van der Waals surface area contributed by atoms with Crippen LogP contribution >= 0.6 is 0 Å². The Bertz CT molecular complexity index is 2180. The summed E-state index contributed by atoms with van der Waals surface area (Å²) in [5.41, 5.74) is 6.43. The van der Waals surface area contributed by atoms with E-state index in [2.05, 4.69) is 26.9 Å². The minimum atomic E-state index is -4.07. The first-order chi connectivity index (χ1) is 23.9. The lowest BCUT2D eigenvalue weighted by Gasteiger charge is -2.34. The molecule has 3 aromatic rings. The highest BCUT2D eigenvalue weighted by atomic mass is 32.2. The smallest absolute Gasteiger partial charge is 0.265 e. The van der Waals surface area contributed by atoms with Crippen LogP contribution in [0.4, 0.5) is 5.69 Å². The average Bonchev–Trinajstić information content (AvgIpc) is 3.08. The lowest BCUT2D eigenvalue weighted by molar-refractivity contribution is 0.0735. The molecule has 3 aromatic carbocycles. The number of hydrogen-bond acceptors (Lipinski definition) is 8. The van der Waals surface area contributed by atoms with Crippen LogP contribution in [0.2, 0.25) is 0 Å². The van der Waals surface area contributed by atoms with Crippen LogP contribution in [0.3, 0.4) is 0 Å². The molecule has 0 aliphatic carbocycles. The van der Waals surface area contributed by atoms with Gasteiger partial charge >= 0.3 is 0 Å². The summed E-state index contributed by atoms with van der Waals surface area (Å²) in [4.78, 5) is 18.1. The van der Waals surface area contributed by atoms with Crippen LogP contribution in [0.5, 0.6) is 11.5 Å². The molecule has 50 heavy (non-hydrogen) atoms. The fraction of sp³-hybridized carbons (Fsp3) is 0.444. The Morgan fingerprint density at radius 3 is 2.36 bits per heavy atom. The predicted molar refractivity (Wildman–Crippen MR) is 191 cm³/mol. The number of amides is 1. The molecule has 4 aliphatic heterocycles. The maximum Gasteiger partial charge on any atom is 0.265 e. The molecule has 0 atom stereocenters. The van der Waals surface area contributed by atoms with E-state index in [1.54, 1.807) is 0 Å². The molecule has 7 rings (SSSR count). The minimum Gasteiger partial charge on any atom is -0.456 e. The van der Waals surface area contributed by atoms with Crippen LogP contribution in [0.15, 0.2) is 48.5 Å². The molecule has 4 aliphatic rings.